The van der Waals surface area contributed by atoms with Crippen molar-refractivity contribution in [2.75, 3.05) is 5.32 Å². The van der Waals surface area contributed by atoms with Crippen LogP contribution in [-0.2, 0) is 4.79 Å². The van der Waals surface area contributed by atoms with Gasteiger partial charge in [-0.3, -0.25) is 4.79 Å². The van der Waals surface area contributed by atoms with Crippen LogP contribution in [0.5, 0.6) is 0 Å². The molecular formula is C12H15ClN2O3. The predicted octanol–water partition coefficient (Wildman–Crippen LogP) is 2.57. The third-order valence-corrected chi connectivity index (χ3v) is 2.85. The zero-order chi connectivity index (χ0) is 13.7. The molecule has 1 aromatic carbocycles. The molecule has 18 heavy (non-hydrogen) atoms. The number of hydrogen-bond donors (Lipinski definition) is 3. The number of amides is 2. The van der Waals surface area contributed by atoms with Crippen LogP contribution in [0.4, 0.5) is 10.5 Å². The molecule has 98 valence electrons. The molecule has 0 heterocycles. The van der Waals surface area contributed by atoms with Gasteiger partial charge in [0, 0.05) is 16.8 Å². The van der Waals surface area contributed by atoms with E-state index < -0.39 is 24.0 Å². The fourth-order valence-electron chi connectivity index (χ4n) is 1.25. The predicted molar refractivity (Wildman–Crippen MR) is 69.9 cm³/mol. The Kier molecular flexibility index (Phi) is 4.97. The maximum absolute atomic E-state index is 11.6. The minimum atomic E-state index is -0.950. The highest BCUT2D eigenvalue weighted by Crippen LogP contribution is 2.13. The van der Waals surface area contributed by atoms with Gasteiger partial charge in [-0.05, 0) is 38.1 Å². The van der Waals surface area contributed by atoms with Crippen LogP contribution in [0.3, 0.4) is 0 Å². The molecule has 0 aromatic heterocycles. The average Bonchev–Trinajstić information content (AvgIpc) is 2.30. The monoisotopic (exact) mass is 270 g/mol. The van der Waals surface area contributed by atoms with Crippen LogP contribution in [-0.4, -0.2) is 23.1 Å². The van der Waals surface area contributed by atoms with Crippen molar-refractivity contribution in [3.05, 3.63) is 29.3 Å². The first-order valence-electron chi connectivity index (χ1n) is 5.46. The highest BCUT2D eigenvalue weighted by molar-refractivity contribution is 6.30. The van der Waals surface area contributed by atoms with Crippen molar-refractivity contribution in [1.29, 1.82) is 0 Å². The summed E-state index contributed by atoms with van der Waals surface area (Å²) in [5.41, 5.74) is 0.590. The van der Waals surface area contributed by atoms with Gasteiger partial charge < -0.3 is 15.7 Å². The topological polar surface area (TPSA) is 78.4 Å². The number of rotatable bonds is 4. The van der Waals surface area contributed by atoms with Crippen molar-refractivity contribution in [3.63, 3.8) is 0 Å². The van der Waals surface area contributed by atoms with Crippen molar-refractivity contribution < 1.29 is 14.7 Å². The quantitative estimate of drug-likeness (QED) is 0.787. The van der Waals surface area contributed by atoms with Crippen LogP contribution in [0.2, 0.25) is 5.02 Å². The number of urea groups is 1. The van der Waals surface area contributed by atoms with Crippen LogP contribution in [0.25, 0.3) is 0 Å². The highest BCUT2D eigenvalue weighted by Gasteiger charge is 2.20. The third-order valence-electron chi connectivity index (χ3n) is 2.60. The van der Waals surface area contributed by atoms with Crippen LogP contribution in [0, 0.1) is 5.92 Å². The number of carboxylic acid groups (broad SMARTS) is 1. The van der Waals surface area contributed by atoms with Crippen LogP contribution in [0.1, 0.15) is 13.8 Å². The molecule has 0 bridgehead atoms. The first kappa shape index (κ1) is 14.3. The number of hydrogen-bond acceptors (Lipinski definition) is 2. The largest absolute Gasteiger partial charge is 0.481 e. The summed E-state index contributed by atoms with van der Waals surface area (Å²) in [6, 6.07) is 5.72. The van der Waals surface area contributed by atoms with Gasteiger partial charge in [-0.25, -0.2) is 4.79 Å². The van der Waals surface area contributed by atoms with Gasteiger partial charge in [0.15, 0.2) is 0 Å². The lowest BCUT2D eigenvalue weighted by molar-refractivity contribution is -0.141. The molecule has 1 rings (SSSR count). The van der Waals surface area contributed by atoms with Crippen molar-refractivity contribution in [2.24, 2.45) is 5.92 Å². The molecule has 3 N–H and O–H groups in total. The smallest absolute Gasteiger partial charge is 0.319 e. The molecule has 0 spiro atoms. The zero-order valence-electron chi connectivity index (χ0n) is 10.1. The van der Waals surface area contributed by atoms with E-state index >= 15 is 0 Å². The summed E-state index contributed by atoms with van der Waals surface area (Å²) in [5.74, 6) is -1.60. The Bertz CT molecular complexity index is 433. The van der Waals surface area contributed by atoms with Crippen LogP contribution in [0.15, 0.2) is 24.3 Å². The minimum Gasteiger partial charge on any atom is -0.481 e. The van der Waals surface area contributed by atoms with E-state index in [0.29, 0.717) is 10.7 Å². The number of carboxylic acids is 1. The van der Waals surface area contributed by atoms with Crippen molar-refractivity contribution in [1.82, 2.24) is 5.32 Å². The summed E-state index contributed by atoms with van der Waals surface area (Å²) >= 11 is 5.72. The summed E-state index contributed by atoms with van der Waals surface area (Å²) in [5, 5.41) is 14.5. The number of benzene rings is 1. The summed E-state index contributed by atoms with van der Waals surface area (Å²) in [4.78, 5) is 22.3. The number of carbonyl (C=O) groups excluding carboxylic acids is 1. The lowest BCUT2D eigenvalue weighted by atomic mass is 10.0. The second-order valence-corrected chi connectivity index (χ2v) is 4.46. The van der Waals surface area contributed by atoms with Crippen molar-refractivity contribution in [2.45, 2.75) is 19.9 Å². The highest BCUT2D eigenvalue weighted by atomic mass is 35.5. The fraction of sp³-hybridized carbons (Fsp3) is 0.333. The van der Waals surface area contributed by atoms with Gasteiger partial charge in [0.2, 0.25) is 0 Å². The normalized spacial score (nSPS) is 13.5. The molecular weight excluding hydrogens is 256 g/mol. The van der Waals surface area contributed by atoms with Gasteiger partial charge in [0.05, 0.1) is 5.92 Å². The minimum absolute atomic E-state index is 0.446. The number of aliphatic carboxylic acids is 1. The van der Waals surface area contributed by atoms with E-state index in [1.807, 2.05) is 0 Å². The number of nitrogens with one attached hydrogen (secondary N) is 2. The average molecular weight is 271 g/mol. The Labute approximate surface area is 110 Å². The van der Waals surface area contributed by atoms with Gasteiger partial charge in [-0.2, -0.15) is 0 Å². The van der Waals surface area contributed by atoms with Gasteiger partial charge in [-0.15, -0.1) is 0 Å². The van der Waals surface area contributed by atoms with E-state index in [1.54, 1.807) is 31.2 Å². The van der Waals surface area contributed by atoms with Crippen LogP contribution >= 0.6 is 11.6 Å². The maximum atomic E-state index is 11.6. The molecule has 2 atom stereocenters. The van der Waals surface area contributed by atoms with E-state index in [0.717, 1.165) is 0 Å². The lowest BCUT2D eigenvalue weighted by Crippen LogP contribution is -2.42. The SMILES string of the molecule is CC(NC(=O)Nc1ccc(Cl)cc1)C(C)C(=O)O. The Balaban J connectivity index is 2.51. The lowest BCUT2D eigenvalue weighted by Gasteiger charge is -2.18. The summed E-state index contributed by atoms with van der Waals surface area (Å²) in [6.45, 7) is 3.18. The Hall–Kier alpha value is -1.75. The molecule has 0 radical (unpaired) electrons. The molecule has 0 aliphatic heterocycles. The first-order valence-corrected chi connectivity index (χ1v) is 5.84. The Morgan fingerprint density at radius 1 is 1.22 bits per heavy atom. The first-order chi connectivity index (χ1) is 8.40. The molecule has 0 aliphatic carbocycles. The molecule has 1 aromatic rings. The maximum Gasteiger partial charge on any atom is 0.319 e. The fourth-order valence-corrected chi connectivity index (χ4v) is 1.37. The Morgan fingerprint density at radius 2 is 1.78 bits per heavy atom. The van der Waals surface area contributed by atoms with Crippen LogP contribution < -0.4 is 10.6 Å². The summed E-state index contributed by atoms with van der Waals surface area (Å²) in [7, 11) is 0. The van der Waals surface area contributed by atoms with Gasteiger partial charge >= 0.3 is 12.0 Å². The van der Waals surface area contributed by atoms with Gasteiger partial charge in [-0.1, -0.05) is 11.6 Å². The molecule has 0 aliphatic rings. The van der Waals surface area contributed by atoms with E-state index in [2.05, 4.69) is 10.6 Å². The molecule has 6 heteroatoms. The summed E-state index contributed by atoms with van der Waals surface area (Å²) < 4.78 is 0. The van der Waals surface area contributed by atoms with E-state index in [1.165, 1.54) is 6.92 Å². The number of anilines is 1. The molecule has 0 fully saturated rings. The third kappa shape index (κ3) is 4.25. The molecule has 0 saturated heterocycles. The second kappa shape index (κ2) is 6.26. The van der Waals surface area contributed by atoms with E-state index in [9.17, 15) is 9.59 Å². The zero-order valence-corrected chi connectivity index (χ0v) is 10.9. The Morgan fingerprint density at radius 3 is 2.28 bits per heavy atom. The van der Waals surface area contributed by atoms with Crippen molar-refractivity contribution >= 4 is 29.3 Å². The number of halogens is 1. The molecule has 2 unspecified atom stereocenters. The summed E-state index contributed by atoms with van der Waals surface area (Å²) in [6.07, 6.45) is 0. The van der Waals surface area contributed by atoms with Gasteiger partial charge in [0.25, 0.3) is 0 Å². The van der Waals surface area contributed by atoms with Gasteiger partial charge in [0.1, 0.15) is 0 Å². The molecule has 2 amide bonds. The van der Waals surface area contributed by atoms with Crippen molar-refractivity contribution in [3.8, 4) is 0 Å². The second-order valence-electron chi connectivity index (χ2n) is 4.02. The molecule has 5 nitrogen and oxygen atoms in total. The van der Waals surface area contributed by atoms with E-state index in [-0.39, 0.29) is 0 Å². The molecule has 0 saturated carbocycles. The standard InChI is InChI=1S/C12H15ClN2O3/c1-7(11(16)17)8(2)14-12(18)15-10-5-3-9(13)4-6-10/h3-8H,1-2H3,(H,16,17)(H2,14,15,18). The van der Waals surface area contributed by atoms with E-state index in [4.69, 9.17) is 16.7 Å². The number of carbonyl (C=O) groups is 2.